The molecule has 2 aliphatic rings. The summed E-state index contributed by atoms with van der Waals surface area (Å²) in [5, 5.41) is 1.19. The molecule has 0 atom stereocenters. The molecular formula is C22H24N4O3S. The van der Waals surface area contributed by atoms with Crippen LogP contribution >= 0.6 is 11.5 Å². The van der Waals surface area contributed by atoms with Gasteiger partial charge in [0.25, 0.3) is 5.91 Å². The lowest BCUT2D eigenvalue weighted by atomic mass is 10.1. The van der Waals surface area contributed by atoms with Crippen LogP contribution in [-0.4, -0.2) is 65.7 Å². The Morgan fingerprint density at radius 1 is 1.07 bits per heavy atom. The lowest BCUT2D eigenvalue weighted by Gasteiger charge is -2.35. The largest absolute Gasteiger partial charge is 0.474 e. The summed E-state index contributed by atoms with van der Waals surface area (Å²) in [7, 11) is 0. The number of nitrogens with zero attached hydrogens (tertiary/aromatic N) is 4. The van der Waals surface area contributed by atoms with Crippen molar-refractivity contribution in [3.8, 4) is 5.88 Å². The van der Waals surface area contributed by atoms with Crippen LogP contribution in [0.1, 0.15) is 23.2 Å². The molecular weight excluding hydrogens is 400 g/mol. The predicted octanol–water partition coefficient (Wildman–Crippen LogP) is 3.21. The zero-order valence-corrected chi connectivity index (χ0v) is 17.5. The van der Waals surface area contributed by atoms with Gasteiger partial charge in [0.2, 0.25) is 5.88 Å². The van der Waals surface area contributed by atoms with Gasteiger partial charge in [0.15, 0.2) is 0 Å². The molecule has 0 spiro atoms. The molecule has 2 aromatic heterocycles. The molecule has 5 rings (SSSR count). The van der Waals surface area contributed by atoms with Crippen molar-refractivity contribution in [1.29, 1.82) is 0 Å². The maximum atomic E-state index is 12.9. The van der Waals surface area contributed by atoms with E-state index in [-0.39, 0.29) is 12.0 Å². The Bertz CT molecular complexity index is 1010. The van der Waals surface area contributed by atoms with Crippen molar-refractivity contribution < 1.29 is 14.3 Å². The van der Waals surface area contributed by atoms with Crippen LogP contribution in [0.4, 0.5) is 5.82 Å². The quantitative estimate of drug-likeness (QED) is 0.641. The van der Waals surface area contributed by atoms with E-state index in [0.717, 1.165) is 45.0 Å². The lowest BCUT2D eigenvalue weighted by molar-refractivity contribution is 0.0237. The number of rotatable bonds is 4. The molecule has 30 heavy (non-hydrogen) atoms. The first-order chi connectivity index (χ1) is 14.8. The number of piperazine rings is 1. The molecule has 0 unspecified atom stereocenters. The predicted molar refractivity (Wildman–Crippen MR) is 116 cm³/mol. The molecule has 0 bridgehead atoms. The van der Waals surface area contributed by atoms with Gasteiger partial charge < -0.3 is 19.3 Å². The summed E-state index contributed by atoms with van der Waals surface area (Å²) in [6.45, 7) is 4.35. The van der Waals surface area contributed by atoms with Crippen LogP contribution < -0.4 is 9.64 Å². The summed E-state index contributed by atoms with van der Waals surface area (Å²) < 4.78 is 17.1. The molecule has 7 nitrogen and oxygen atoms in total. The SMILES string of the molecule is O=C(c1ccc(OC2CCOCC2)nc1)N1CCN(c2nsc3ccccc23)CC1. The fourth-order valence-corrected chi connectivity index (χ4v) is 4.74. The molecule has 2 aliphatic heterocycles. The molecule has 0 N–H and O–H groups in total. The van der Waals surface area contributed by atoms with E-state index in [1.807, 2.05) is 23.1 Å². The first-order valence-corrected chi connectivity index (χ1v) is 11.1. The highest BCUT2D eigenvalue weighted by molar-refractivity contribution is 7.13. The van der Waals surface area contributed by atoms with Crippen LogP contribution in [0, 0.1) is 0 Å². The normalized spacial score (nSPS) is 18.0. The average molecular weight is 425 g/mol. The Balaban J connectivity index is 1.19. The number of carbonyl (C=O) groups is 1. The van der Waals surface area contributed by atoms with Crippen molar-refractivity contribution in [2.75, 3.05) is 44.3 Å². The first kappa shape index (κ1) is 19.3. The Morgan fingerprint density at radius 2 is 1.87 bits per heavy atom. The number of fused-ring (bicyclic) bond motifs is 1. The van der Waals surface area contributed by atoms with Crippen LogP contribution in [0.2, 0.25) is 0 Å². The third kappa shape index (κ3) is 3.97. The lowest BCUT2D eigenvalue weighted by Crippen LogP contribution is -2.49. The van der Waals surface area contributed by atoms with E-state index < -0.39 is 0 Å². The summed E-state index contributed by atoms with van der Waals surface area (Å²) >= 11 is 1.53. The molecule has 3 aromatic rings. The number of amides is 1. The second-order valence-electron chi connectivity index (χ2n) is 7.60. The molecule has 0 saturated carbocycles. The first-order valence-electron chi connectivity index (χ1n) is 10.4. The van der Waals surface area contributed by atoms with E-state index in [0.29, 0.717) is 24.5 Å². The fourth-order valence-electron chi connectivity index (χ4n) is 3.95. The highest BCUT2D eigenvalue weighted by Crippen LogP contribution is 2.30. The summed E-state index contributed by atoms with van der Waals surface area (Å²) in [4.78, 5) is 21.4. The smallest absolute Gasteiger partial charge is 0.255 e. The van der Waals surface area contributed by atoms with E-state index >= 15 is 0 Å². The van der Waals surface area contributed by atoms with Crippen LogP contribution in [0.15, 0.2) is 42.6 Å². The van der Waals surface area contributed by atoms with Crippen molar-refractivity contribution in [1.82, 2.24) is 14.3 Å². The topological polar surface area (TPSA) is 67.8 Å². The number of benzene rings is 1. The van der Waals surface area contributed by atoms with Crippen molar-refractivity contribution >= 4 is 33.3 Å². The maximum absolute atomic E-state index is 12.9. The monoisotopic (exact) mass is 424 g/mol. The number of hydrogen-bond donors (Lipinski definition) is 0. The van der Waals surface area contributed by atoms with Crippen LogP contribution in [0.5, 0.6) is 5.88 Å². The highest BCUT2D eigenvalue weighted by atomic mass is 32.1. The van der Waals surface area contributed by atoms with Gasteiger partial charge in [0.05, 0.1) is 23.5 Å². The third-order valence-electron chi connectivity index (χ3n) is 5.66. The molecule has 2 saturated heterocycles. The Labute approximate surface area is 179 Å². The fraction of sp³-hybridized carbons (Fsp3) is 0.409. The van der Waals surface area contributed by atoms with Gasteiger partial charge >= 0.3 is 0 Å². The van der Waals surface area contributed by atoms with Gasteiger partial charge in [-0.3, -0.25) is 4.79 Å². The van der Waals surface area contributed by atoms with E-state index in [4.69, 9.17) is 9.47 Å². The highest BCUT2D eigenvalue weighted by Gasteiger charge is 2.25. The minimum Gasteiger partial charge on any atom is -0.474 e. The molecule has 0 aliphatic carbocycles. The second kappa shape index (κ2) is 8.57. The molecule has 4 heterocycles. The van der Waals surface area contributed by atoms with E-state index in [9.17, 15) is 4.79 Å². The minimum atomic E-state index is 0.0166. The maximum Gasteiger partial charge on any atom is 0.255 e. The number of carbonyl (C=O) groups excluding carboxylic acids is 1. The van der Waals surface area contributed by atoms with Gasteiger partial charge in [-0.15, -0.1) is 0 Å². The molecule has 1 aromatic carbocycles. The summed E-state index contributed by atoms with van der Waals surface area (Å²) in [5.74, 6) is 1.61. The van der Waals surface area contributed by atoms with Crippen LogP contribution in [0.3, 0.4) is 0 Å². The van der Waals surface area contributed by atoms with Gasteiger partial charge in [-0.05, 0) is 29.7 Å². The van der Waals surface area contributed by atoms with Crippen LogP contribution in [-0.2, 0) is 4.74 Å². The summed E-state index contributed by atoms with van der Waals surface area (Å²) in [6.07, 6.45) is 3.52. The Kier molecular flexibility index (Phi) is 5.50. The van der Waals surface area contributed by atoms with Crippen LogP contribution in [0.25, 0.3) is 10.1 Å². The van der Waals surface area contributed by atoms with E-state index in [1.165, 1.54) is 21.6 Å². The third-order valence-corrected chi connectivity index (χ3v) is 6.48. The number of aromatic nitrogens is 2. The van der Waals surface area contributed by atoms with Crippen molar-refractivity contribution in [2.24, 2.45) is 0 Å². The molecule has 1 amide bonds. The zero-order valence-electron chi connectivity index (χ0n) is 16.7. The number of ether oxygens (including phenoxy) is 2. The van der Waals surface area contributed by atoms with Gasteiger partial charge in [0, 0.05) is 56.7 Å². The van der Waals surface area contributed by atoms with Crippen molar-refractivity contribution in [3.63, 3.8) is 0 Å². The summed E-state index contributed by atoms with van der Waals surface area (Å²) in [5.41, 5.74) is 0.599. The summed E-state index contributed by atoms with van der Waals surface area (Å²) in [6, 6.07) is 11.9. The van der Waals surface area contributed by atoms with E-state index in [2.05, 4.69) is 26.4 Å². The van der Waals surface area contributed by atoms with Gasteiger partial charge in [0.1, 0.15) is 11.9 Å². The van der Waals surface area contributed by atoms with Gasteiger partial charge in [-0.25, -0.2) is 4.98 Å². The van der Waals surface area contributed by atoms with Gasteiger partial charge in [-0.2, -0.15) is 4.37 Å². The Morgan fingerprint density at radius 3 is 2.63 bits per heavy atom. The molecule has 2 fully saturated rings. The number of anilines is 1. The second-order valence-corrected chi connectivity index (χ2v) is 8.40. The molecule has 0 radical (unpaired) electrons. The Hall–Kier alpha value is -2.71. The number of hydrogen-bond acceptors (Lipinski definition) is 7. The van der Waals surface area contributed by atoms with E-state index in [1.54, 1.807) is 12.3 Å². The zero-order chi connectivity index (χ0) is 20.3. The van der Waals surface area contributed by atoms with Crippen molar-refractivity contribution in [2.45, 2.75) is 18.9 Å². The number of pyridine rings is 1. The average Bonchev–Trinajstić information content (AvgIpc) is 3.24. The van der Waals surface area contributed by atoms with Crippen molar-refractivity contribution in [3.05, 3.63) is 48.2 Å². The minimum absolute atomic E-state index is 0.0166. The van der Waals surface area contributed by atoms with Gasteiger partial charge in [-0.1, -0.05) is 12.1 Å². The standard InChI is InChI=1S/C22H24N4O3S/c27-22(16-5-6-20(23-15-16)29-17-7-13-28-14-8-17)26-11-9-25(10-12-26)21-18-3-1-2-4-19(18)30-24-21/h1-6,15,17H,7-14H2. The molecule has 8 heteroatoms. The molecule has 156 valence electrons.